The van der Waals surface area contributed by atoms with Gasteiger partial charge in [-0.15, -0.1) is 0 Å². The minimum absolute atomic E-state index is 0.0128. The molecule has 0 spiro atoms. The first-order valence-electron chi connectivity index (χ1n) is 9.90. The summed E-state index contributed by atoms with van der Waals surface area (Å²) in [5.41, 5.74) is 3.64. The van der Waals surface area contributed by atoms with Crippen LogP contribution in [0.1, 0.15) is 36.0 Å². The predicted octanol–water partition coefficient (Wildman–Crippen LogP) is 4.51. The van der Waals surface area contributed by atoms with Crippen molar-refractivity contribution < 1.29 is 18.9 Å². The third kappa shape index (κ3) is 7.81. The minimum atomic E-state index is -0.0128. The van der Waals surface area contributed by atoms with Gasteiger partial charge in [-0.3, -0.25) is 0 Å². The number of benzene rings is 2. The van der Waals surface area contributed by atoms with Crippen molar-refractivity contribution >= 4 is 0 Å². The zero-order valence-electron chi connectivity index (χ0n) is 16.0. The lowest BCUT2D eigenvalue weighted by molar-refractivity contribution is -0.161. The highest BCUT2D eigenvalue weighted by Gasteiger charge is 2.13. The second-order valence-corrected chi connectivity index (χ2v) is 6.83. The Hall–Kier alpha value is -1.72. The molecule has 1 aliphatic rings. The van der Waals surface area contributed by atoms with Crippen LogP contribution in [-0.2, 0) is 38.6 Å². The molecule has 27 heavy (non-hydrogen) atoms. The molecule has 2 aromatic carbocycles. The lowest BCUT2D eigenvalue weighted by Gasteiger charge is -2.22. The monoisotopic (exact) mass is 370 g/mol. The van der Waals surface area contributed by atoms with Gasteiger partial charge in [-0.1, -0.05) is 54.6 Å². The van der Waals surface area contributed by atoms with E-state index in [1.165, 1.54) is 23.1 Å². The zero-order valence-corrected chi connectivity index (χ0v) is 16.0. The normalized spacial score (nSPS) is 17.1. The quantitative estimate of drug-likeness (QED) is 0.546. The average Bonchev–Trinajstić information content (AvgIpc) is 2.72. The van der Waals surface area contributed by atoms with Gasteiger partial charge in [0.05, 0.1) is 33.0 Å². The molecule has 4 heteroatoms. The second kappa shape index (κ2) is 11.9. The van der Waals surface area contributed by atoms with Crippen molar-refractivity contribution in [3.63, 3.8) is 0 Å². The van der Waals surface area contributed by atoms with Gasteiger partial charge in [0.1, 0.15) is 0 Å². The van der Waals surface area contributed by atoms with E-state index >= 15 is 0 Å². The van der Waals surface area contributed by atoms with Crippen LogP contribution < -0.4 is 0 Å². The molecule has 1 heterocycles. The number of rotatable bonds is 11. The van der Waals surface area contributed by atoms with Crippen LogP contribution >= 0.6 is 0 Å². The number of hydrogen-bond acceptors (Lipinski definition) is 4. The van der Waals surface area contributed by atoms with Gasteiger partial charge >= 0.3 is 0 Å². The van der Waals surface area contributed by atoms with Crippen LogP contribution in [0.4, 0.5) is 0 Å². The van der Waals surface area contributed by atoms with Gasteiger partial charge in [0.25, 0.3) is 0 Å². The van der Waals surface area contributed by atoms with Gasteiger partial charge in [-0.25, -0.2) is 0 Å². The Morgan fingerprint density at radius 3 is 2.30 bits per heavy atom. The molecule has 0 N–H and O–H groups in total. The zero-order chi connectivity index (χ0) is 18.6. The van der Waals surface area contributed by atoms with E-state index in [2.05, 4.69) is 36.4 Å². The molecule has 146 valence electrons. The smallest absolute Gasteiger partial charge is 0.157 e. The third-order valence-electron chi connectivity index (χ3n) is 4.58. The van der Waals surface area contributed by atoms with Crippen LogP contribution in [0, 0.1) is 0 Å². The maximum absolute atomic E-state index is 5.82. The Kier molecular flexibility index (Phi) is 8.81. The molecule has 1 saturated heterocycles. The molecule has 1 fully saturated rings. The molecular formula is C23H30O4. The first-order chi connectivity index (χ1) is 13.4. The summed E-state index contributed by atoms with van der Waals surface area (Å²) in [5, 5.41) is 0. The highest BCUT2D eigenvalue weighted by Crippen LogP contribution is 2.14. The molecule has 0 aromatic heterocycles. The van der Waals surface area contributed by atoms with Gasteiger partial charge in [0.2, 0.25) is 0 Å². The Balaban J connectivity index is 1.28. The summed E-state index contributed by atoms with van der Waals surface area (Å²) in [6, 6.07) is 18.7. The van der Waals surface area contributed by atoms with Crippen LogP contribution in [0.2, 0.25) is 0 Å². The van der Waals surface area contributed by atoms with E-state index < -0.39 is 0 Å². The summed E-state index contributed by atoms with van der Waals surface area (Å²) >= 11 is 0. The van der Waals surface area contributed by atoms with Crippen LogP contribution in [0.5, 0.6) is 0 Å². The van der Waals surface area contributed by atoms with Crippen molar-refractivity contribution in [1.29, 1.82) is 0 Å². The Morgan fingerprint density at radius 2 is 1.52 bits per heavy atom. The van der Waals surface area contributed by atoms with E-state index in [1.54, 1.807) is 0 Å². The third-order valence-corrected chi connectivity index (χ3v) is 4.58. The maximum atomic E-state index is 5.82. The van der Waals surface area contributed by atoms with Gasteiger partial charge in [0.15, 0.2) is 6.29 Å². The van der Waals surface area contributed by atoms with E-state index in [0.29, 0.717) is 33.0 Å². The Bertz CT molecular complexity index is 638. The van der Waals surface area contributed by atoms with Crippen molar-refractivity contribution in [3.05, 3.63) is 71.3 Å². The standard InChI is InChI=1S/C23H30O4/c1-2-7-21(8-3-1)18-24-15-16-25-19-22-10-6-9-20(17-22)12-14-27-23-11-4-5-13-26-23/h1-3,6-10,17,23H,4-5,11-16,18-19H2. The molecule has 0 aliphatic carbocycles. The minimum Gasteiger partial charge on any atom is -0.374 e. The van der Waals surface area contributed by atoms with E-state index in [0.717, 1.165) is 25.9 Å². The second-order valence-electron chi connectivity index (χ2n) is 6.83. The molecule has 1 aliphatic heterocycles. The fourth-order valence-electron chi connectivity index (χ4n) is 3.10. The summed E-state index contributed by atoms with van der Waals surface area (Å²) in [4.78, 5) is 0. The molecular weight excluding hydrogens is 340 g/mol. The van der Waals surface area contributed by atoms with Gasteiger partial charge < -0.3 is 18.9 Å². The van der Waals surface area contributed by atoms with Crippen LogP contribution in [-0.4, -0.2) is 32.7 Å². The van der Waals surface area contributed by atoms with Gasteiger partial charge in [-0.05, 0) is 42.4 Å². The predicted molar refractivity (Wildman–Crippen MR) is 105 cm³/mol. The van der Waals surface area contributed by atoms with Gasteiger partial charge in [0, 0.05) is 6.61 Å². The first kappa shape index (κ1) is 20.0. The molecule has 2 aromatic rings. The largest absolute Gasteiger partial charge is 0.374 e. The molecule has 1 atom stereocenters. The molecule has 3 rings (SSSR count). The lowest BCUT2D eigenvalue weighted by atomic mass is 10.1. The van der Waals surface area contributed by atoms with Crippen molar-refractivity contribution in [2.24, 2.45) is 0 Å². The maximum Gasteiger partial charge on any atom is 0.157 e. The summed E-state index contributed by atoms with van der Waals surface area (Å²) in [6.45, 7) is 3.96. The summed E-state index contributed by atoms with van der Waals surface area (Å²) < 4.78 is 22.8. The highest BCUT2D eigenvalue weighted by atomic mass is 16.7. The molecule has 0 radical (unpaired) electrons. The molecule has 0 bridgehead atoms. The fraction of sp³-hybridized carbons (Fsp3) is 0.478. The first-order valence-corrected chi connectivity index (χ1v) is 9.90. The summed E-state index contributed by atoms with van der Waals surface area (Å²) in [7, 11) is 0. The topological polar surface area (TPSA) is 36.9 Å². The number of ether oxygens (including phenoxy) is 4. The molecule has 0 saturated carbocycles. The van der Waals surface area contributed by atoms with E-state index in [-0.39, 0.29) is 6.29 Å². The van der Waals surface area contributed by atoms with E-state index in [1.807, 2.05) is 18.2 Å². The average molecular weight is 370 g/mol. The van der Waals surface area contributed by atoms with Gasteiger partial charge in [-0.2, -0.15) is 0 Å². The summed E-state index contributed by atoms with van der Waals surface area (Å²) in [5.74, 6) is 0. The molecule has 1 unspecified atom stereocenters. The molecule has 4 nitrogen and oxygen atoms in total. The lowest BCUT2D eigenvalue weighted by Crippen LogP contribution is -2.23. The van der Waals surface area contributed by atoms with Crippen LogP contribution in [0.3, 0.4) is 0 Å². The van der Waals surface area contributed by atoms with Crippen LogP contribution in [0.25, 0.3) is 0 Å². The van der Waals surface area contributed by atoms with Crippen LogP contribution in [0.15, 0.2) is 54.6 Å². The van der Waals surface area contributed by atoms with Crippen molar-refractivity contribution in [1.82, 2.24) is 0 Å². The fourth-order valence-corrected chi connectivity index (χ4v) is 3.10. The van der Waals surface area contributed by atoms with Crippen molar-refractivity contribution in [2.45, 2.75) is 45.2 Å². The highest BCUT2D eigenvalue weighted by molar-refractivity contribution is 5.23. The van der Waals surface area contributed by atoms with Crippen molar-refractivity contribution in [3.8, 4) is 0 Å². The van der Waals surface area contributed by atoms with E-state index in [4.69, 9.17) is 18.9 Å². The molecule has 0 amide bonds. The number of hydrogen-bond donors (Lipinski definition) is 0. The SMILES string of the molecule is c1ccc(COCCOCc2cccc(CCOC3CCCCO3)c2)cc1. The Labute approximate surface area is 162 Å². The Morgan fingerprint density at radius 1 is 0.778 bits per heavy atom. The van der Waals surface area contributed by atoms with Crippen molar-refractivity contribution in [2.75, 3.05) is 26.4 Å². The van der Waals surface area contributed by atoms with E-state index in [9.17, 15) is 0 Å². The summed E-state index contributed by atoms with van der Waals surface area (Å²) in [6.07, 6.45) is 4.25.